The first-order valence-corrected chi connectivity index (χ1v) is 9.42. The maximum Gasteiger partial charge on any atom is 0.170 e. The van der Waals surface area contributed by atoms with E-state index in [4.69, 9.17) is 9.47 Å². The van der Waals surface area contributed by atoms with E-state index in [1.165, 1.54) is 6.42 Å². The number of ketones is 1. The molecule has 1 fully saturated rings. The van der Waals surface area contributed by atoms with E-state index >= 15 is 0 Å². The smallest absolute Gasteiger partial charge is 0.170 e. The van der Waals surface area contributed by atoms with Crippen molar-refractivity contribution in [2.45, 2.75) is 57.7 Å². The molecule has 0 atom stereocenters. The largest absolute Gasteiger partial charge is 0.487 e. The fraction of sp³-hybridized carbons (Fsp3) is 0.474. The minimum atomic E-state index is -0.285. The van der Waals surface area contributed by atoms with Gasteiger partial charge in [-0.3, -0.25) is 4.79 Å². The topological polar surface area (TPSA) is 48.4 Å². The highest BCUT2D eigenvalue weighted by Gasteiger charge is 2.41. The lowest BCUT2D eigenvalue weighted by Gasteiger charge is -2.40. The van der Waals surface area contributed by atoms with E-state index < -0.39 is 0 Å². The summed E-state index contributed by atoms with van der Waals surface area (Å²) in [4.78, 5) is 16.9. The van der Waals surface area contributed by atoms with Gasteiger partial charge in [0.05, 0.1) is 22.7 Å². The van der Waals surface area contributed by atoms with Gasteiger partial charge in [0.15, 0.2) is 5.78 Å². The molecule has 0 amide bonds. The molecule has 4 nitrogen and oxygen atoms in total. The lowest BCUT2D eigenvalue weighted by Crippen LogP contribution is -2.43. The Morgan fingerprint density at radius 1 is 1.29 bits per heavy atom. The average Bonchev–Trinajstić information content (AvgIpc) is 2.99. The van der Waals surface area contributed by atoms with Gasteiger partial charge in [-0.2, -0.15) is 0 Å². The number of rotatable bonds is 3. The van der Waals surface area contributed by atoms with Crippen LogP contribution in [0, 0.1) is 6.92 Å². The van der Waals surface area contributed by atoms with E-state index in [1.807, 2.05) is 30.5 Å². The van der Waals surface area contributed by atoms with Crippen molar-refractivity contribution in [1.82, 2.24) is 4.98 Å². The van der Waals surface area contributed by atoms with E-state index in [0.29, 0.717) is 24.3 Å². The SMILES string of the molecule is Cc1nc(COc2ccc3c(c2)OC2(CCCCC2)CC3=O)cs1. The molecule has 2 aromatic rings. The van der Waals surface area contributed by atoms with Crippen LogP contribution in [-0.2, 0) is 6.61 Å². The lowest BCUT2D eigenvalue weighted by molar-refractivity contribution is 0.0134. The van der Waals surface area contributed by atoms with Crippen LogP contribution < -0.4 is 9.47 Å². The molecule has 1 aromatic carbocycles. The van der Waals surface area contributed by atoms with Crippen molar-refractivity contribution in [2.24, 2.45) is 0 Å². The second kappa shape index (κ2) is 6.20. The molecule has 0 bridgehead atoms. The first kappa shape index (κ1) is 15.6. The molecular weight excluding hydrogens is 322 g/mol. The molecule has 1 spiro atoms. The highest BCUT2D eigenvalue weighted by Crippen LogP contribution is 2.42. The number of Topliss-reactive ketones (excluding diaryl/α,β-unsaturated/α-hetero) is 1. The molecule has 0 saturated heterocycles. The molecule has 126 valence electrons. The second-order valence-corrected chi connectivity index (χ2v) is 7.81. The van der Waals surface area contributed by atoms with Gasteiger partial charge in [-0.1, -0.05) is 6.42 Å². The average molecular weight is 343 g/mol. The van der Waals surface area contributed by atoms with Gasteiger partial charge in [0, 0.05) is 11.4 Å². The summed E-state index contributed by atoms with van der Waals surface area (Å²) in [6.45, 7) is 2.42. The minimum absolute atomic E-state index is 0.194. The van der Waals surface area contributed by atoms with Crippen molar-refractivity contribution in [2.75, 3.05) is 0 Å². The molecule has 1 saturated carbocycles. The van der Waals surface area contributed by atoms with E-state index in [1.54, 1.807) is 11.3 Å². The van der Waals surface area contributed by atoms with Gasteiger partial charge < -0.3 is 9.47 Å². The van der Waals surface area contributed by atoms with E-state index in [0.717, 1.165) is 42.1 Å². The van der Waals surface area contributed by atoms with Gasteiger partial charge in [-0.15, -0.1) is 11.3 Å². The van der Waals surface area contributed by atoms with Crippen LogP contribution in [0.25, 0.3) is 0 Å². The second-order valence-electron chi connectivity index (χ2n) is 6.75. The van der Waals surface area contributed by atoms with E-state index in [9.17, 15) is 4.79 Å². The molecule has 5 heteroatoms. The van der Waals surface area contributed by atoms with Crippen LogP contribution in [-0.4, -0.2) is 16.4 Å². The number of fused-ring (bicyclic) bond motifs is 1. The number of hydrogen-bond acceptors (Lipinski definition) is 5. The summed E-state index contributed by atoms with van der Waals surface area (Å²) in [6.07, 6.45) is 5.98. The molecule has 2 aliphatic rings. The first-order chi connectivity index (χ1) is 11.6. The van der Waals surface area contributed by atoms with Crippen molar-refractivity contribution < 1.29 is 14.3 Å². The van der Waals surface area contributed by atoms with Crippen molar-refractivity contribution in [3.63, 3.8) is 0 Å². The Bertz CT molecular complexity index is 762. The van der Waals surface area contributed by atoms with Crippen molar-refractivity contribution in [3.8, 4) is 11.5 Å². The molecule has 1 aliphatic carbocycles. The number of nitrogens with zero attached hydrogens (tertiary/aromatic N) is 1. The Labute approximate surface area is 145 Å². The number of hydrogen-bond donors (Lipinski definition) is 0. The Hall–Kier alpha value is -1.88. The standard InChI is InChI=1S/C19H21NO3S/c1-13-20-14(12-24-13)11-22-15-5-6-16-17(21)10-19(23-18(16)9-15)7-3-2-4-8-19/h5-6,9,12H,2-4,7-8,10-11H2,1H3. The Morgan fingerprint density at radius 2 is 2.12 bits per heavy atom. The summed E-state index contributed by atoms with van der Waals surface area (Å²) in [5.74, 6) is 1.60. The maximum atomic E-state index is 12.5. The Morgan fingerprint density at radius 3 is 2.88 bits per heavy atom. The van der Waals surface area contributed by atoms with Crippen LogP contribution in [0.1, 0.15) is 59.6 Å². The predicted octanol–water partition coefficient (Wildman–Crippen LogP) is 4.70. The van der Waals surface area contributed by atoms with Crippen molar-refractivity contribution in [3.05, 3.63) is 39.8 Å². The quantitative estimate of drug-likeness (QED) is 0.810. The molecular formula is C19H21NO3S. The summed E-state index contributed by atoms with van der Waals surface area (Å²) < 4.78 is 12.1. The summed E-state index contributed by atoms with van der Waals surface area (Å²) >= 11 is 1.62. The minimum Gasteiger partial charge on any atom is -0.487 e. The van der Waals surface area contributed by atoms with Gasteiger partial charge in [0.25, 0.3) is 0 Å². The number of carbonyl (C=O) groups is 1. The van der Waals surface area contributed by atoms with E-state index in [-0.39, 0.29) is 11.4 Å². The van der Waals surface area contributed by atoms with Crippen LogP contribution in [0.15, 0.2) is 23.6 Å². The monoisotopic (exact) mass is 343 g/mol. The number of thiazole rings is 1. The number of carbonyl (C=O) groups excluding carboxylic acids is 1. The third-order valence-electron chi connectivity index (χ3n) is 4.88. The Kier molecular flexibility index (Phi) is 4.04. The van der Waals surface area contributed by atoms with Crippen molar-refractivity contribution in [1.29, 1.82) is 0 Å². The van der Waals surface area contributed by atoms with E-state index in [2.05, 4.69) is 4.98 Å². The van der Waals surface area contributed by atoms with Crippen molar-refractivity contribution >= 4 is 17.1 Å². The van der Waals surface area contributed by atoms with Gasteiger partial charge in [-0.25, -0.2) is 4.98 Å². The summed E-state index contributed by atoms with van der Waals surface area (Å²) in [5.41, 5.74) is 1.33. The zero-order valence-corrected chi connectivity index (χ0v) is 14.7. The highest BCUT2D eigenvalue weighted by molar-refractivity contribution is 7.09. The maximum absolute atomic E-state index is 12.5. The molecule has 4 rings (SSSR count). The van der Waals surface area contributed by atoms with Gasteiger partial charge >= 0.3 is 0 Å². The first-order valence-electron chi connectivity index (χ1n) is 8.54. The van der Waals surface area contributed by atoms with Gasteiger partial charge in [-0.05, 0) is 44.7 Å². The molecule has 0 radical (unpaired) electrons. The van der Waals surface area contributed by atoms with Crippen LogP contribution in [0.2, 0.25) is 0 Å². The zero-order valence-electron chi connectivity index (χ0n) is 13.8. The summed E-state index contributed by atoms with van der Waals surface area (Å²) in [7, 11) is 0. The highest BCUT2D eigenvalue weighted by atomic mass is 32.1. The molecule has 0 N–H and O–H groups in total. The summed E-state index contributed by atoms with van der Waals surface area (Å²) in [6, 6.07) is 5.54. The zero-order chi connectivity index (χ0) is 16.6. The number of benzene rings is 1. The van der Waals surface area contributed by atoms with Crippen LogP contribution in [0.3, 0.4) is 0 Å². The van der Waals surface area contributed by atoms with Gasteiger partial charge in [0.1, 0.15) is 23.7 Å². The Balaban J connectivity index is 1.53. The van der Waals surface area contributed by atoms with Crippen LogP contribution in [0.4, 0.5) is 0 Å². The number of aromatic nitrogens is 1. The number of aryl methyl sites for hydroxylation is 1. The lowest BCUT2D eigenvalue weighted by atomic mass is 9.78. The molecule has 1 aliphatic heterocycles. The number of ether oxygens (including phenoxy) is 2. The van der Waals surface area contributed by atoms with Crippen LogP contribution >= 0.6 is 11.3 Å². The molecule has 0 unspecified atom stereocenters. The third-order valence-corrected chi connectivity index (χ3v) is 5.70. The predicted molar refractivity (Wildman–Crippen MR) is 93.0 cm³/mol. The normalized spacial score (nSPS) is 19.0. The molecule has 24 heavy (non-hydrogen) atoms. The molecule has 1 aromatic heterocycles. The summed E-state index contributed by atoms with van der Waals surface area (Å²) in [5, 5.41) is 3.04. The molecule has 2 heterocycles. The fourth-order valence-electron chi connectivity index (χ4n) is 3.67. The third kappa shape index (κ3) is 3.05. The fourth-order valence-corrected chi connectivity index (χ4v) is 4.27. The van der Waals surface area contributed by atoms with Gasteiger partial charge in [0.2, 0.25) is 0 Å². The van der Waals surface area contributed by atoms with Crippen LogP contribution in [0.5, 0.6) is 11.5 Å².